The fourth-order valence-corrected chi connectivity index (χ4v) is 1.80. The minimum Gasteiger partial charge on any atom is -0.481 e. The van der Waals surface area contributed by atoms with E-state index < -0.39 is 0 Å². The zero-order valence-corrected chi connectivity index (χ0v) is 11.8. The molecular weight excluding hydrogens is 230 g/mol. The molecule has 0 bridgehead atoms. The van der Waals surface area contributed by atoms with Gasteiger partial charge in [0.15, 0.2) is 0 Å². The normalized spacial score (nSPS) is 13.2. The topological polar surface area (TPSA) is 67.3 Å². The van der Waals surface area contributed by atoms with Crippen molar-refractivity contribution < 1.29 is 9.84 Å². The van der Waals surface area contributed by atoms with Gasteiger partial charge in [-0.2, -0.15) is 0 Å². The SMILES string of the molecule is COc1ncnc(NC(CCO)C(C)(C)C)c1C. The monoisotopic (exact) mass is 253 g/mol. The molecule has 0 aliphatic heterocycles. The van der Waals surface area contributed by atoms with Crippen LogP contribution < -0.4 is 10.1 Å². The van der Waals surface area contributed by atoms with Gasteiger partial charge in [-0.05, 0) is 18.8 Å². The number of hydrogen-bond donors (Lipinski definition) is 2. The lowest BCUT2D eigenvalue weighted by molar-refractivity contribution is 0.235. The molecule has 1 rings (SSSR count). The molecule has 0 radical (unpaired) electrons. The summed E-state index contributed by atoms with van der Waals surface area (Å²) in [6.45, 7) is 8.46. The third-order valence-corrected chi connectivity index (χ3v) is 3.01. The number of anilines is 1. The van der Waals surface area contributed by atoms with Gasteiger partial charge in [-0.3, -0.25) is 0 Å². The van der Waals surface area contributed by atoms with Crippen LogP contribution in [0.2, 0.25) is 0 Å². The van der Waals surface area contributed by atoms with Gasteiger partial charge in [0.1, 0.15) is 12.1 Å². The van der Waals surface area contributed by atoms with Crippen molar-refractivity contribution >= 4 is 5.82 Å². The smallest absolute Gasteiger partial charge is 0.221 e. The summed E-state index contributed by atoms with van der Waals surface area (Å²) in [5.74, 6) is 1.33. The maximum absolute atomic E-state index is 9.15. The number of nitrogens with zero attached hydrogens (tertiary/aromatic N) is 2. The van der Waals surface area contributed by atoms with Crippen LogP contribution in [0.1, 0.15) is 32.8 Å². The second-order valence-corrected chi connectivity index (χ2v) is 5.43. The van der Waals surface area contributed by atoms with Crippen molar-refractivity contribution in [3.8, 4) is 5.88 Å². The van der Waals surface area contributed by atoms with Crippen molar-refractivity contribution in [1.29, 1.82) is 0 Å². The third-order valence-electron chi connectivity index (χ3n) is 3.01. The van der Waals surface area contributed by atoms with E-state index in [4.69, 9.17) is 9.84 Å². The largest absolute Gasteiger partial charge is 0.481 e. The zero-order chi connectivity index (χ0) is 13.8. The van der Waals surface area contributed by atoms with Crippen LogP contribution in [0.25, 0.3) is 0 Å². The van der Waals surface area contributed by atoms with E-state index >= 15 is 0 Å². The van der Waals surface area contributed by atoms with E-state index in [2.05, 4.69) is 36.1 Å². The Hall–Kier alpha value is -1.36. The molecule has 0 saturated carbocycles. The molecule has 0 spiro atoms. The maximum Gasteiger partial charge on any atom is 0.221 e. The van der Waals surface area contributed by atoms with Gasteiger partial charge in [-0.15, -0.1) is 0 Å². The second-order valence-electron chi connectivity index (χ2n) is 5.43. The number of aromatic nitrogens is 2. The molecule has 1 aromatic rings. The molecule has 1 unspecified atom stereocenters. The summed E-state index contributed by atoms with van der Waals surface area (Å²) in [6, 6.07) is 0.140. The van der Waals surface area contributed by atoms with Crippen molar-refractivity contribution in [2.24, 2.45) is 5.41 Å². The van der Waals surface area contributed by atoms with Gasteiger partial charge in [0, 0.05) is 12.6 Å². The standard InChI is InChI=1S/C13H23N3O2/c1-9-11(14-8-15-12(9)18-5)16-10(6-7-17)13(2,3)4/h8,10,17H,6-7H2,1-5H3,(H,14,15,16). The van der Waals surface area contributed by atoms with Gasteiger partial charge < -0.3 is 15.2 Å². The van der Waals surface area contributed by atoms with E-state index in [1.54, 1.807) is 7.11 Å². The van der Waals surface area contributed by atoms with Crippen molar-refractivity contribution in [2.45, 2.75) is 40.2 Å². The van der Waals surface area contributed by atoms with Crippen LogP contribution >= 0.6 is 0 Å². The summed E-state index contributed by atoms with van der Waals surface area (Å²) < 4.78 is 5.17. The van der Waals surface area contributed by atoms with E-state index in [1.807, 2.05) is 6.92 Å². The van der Waals surface area contributed by atoms with Gasteiger partial charge in [-0.25, -0.2) is 9.97 Å². The molecule has 1 heterocycles. The third kappa shape index (κ3) is 3.57. The molecule has 0 aromatic carbocycles. The van der Waals surface area contributed by atoms with E-state index in [0.29, 0.717) is 12.3 Å². The minimum absolute atomic E-state index is 0.0351. The lowest BCUT2D eigenvalue weighted by Crippen LogP contribution is -2.35. The van der Waals surface area contributed by atoms with Crippen LogP contribution in [0.5, 0.6) is 5.88 Å². The van der Waals surface area contributed by atoms with Gasteiger partial charge in [0.25, 0.3) is 0 Å². The maximum atomic E-state index is 9.15. The first kappa shape index (κ1) is 14.7. The Labute approximate surface area is 109 Å². The molecule has 2 N–H and O–H groups in total. The van der Waals surface area contributed by atoms with E-state index in [-0.39, 0.29) is 18.1 Å². The molecule has 102 valence electrons. The molecule has 0 amide bonds. The molecule has 0 saturated heterocycles. The van der Waals surface area contributed by atoms with Crippen LogP contribution in [0.4, 0.5) is 5.82 Å². The Bertz CT molecular complexity index is 388. The Balaban J connectivity index is 2.94. The highest BCUT2D eigenvalue weighted by molar-refractivity contribution is 5.48. The van der Waals surface area contributed by atoms with Crippen molar-refractivity contribution in [2.75, 3.05) is 19.0 Å². The number of methoxy groups -OCH3 is 1. The molecule has 1 atom stereocenters. The molecule has 0 fully saturated rings. The fourth-order valence-electron chi connectivity index (χ4n) is 1.80. The van der Waals surface area contributed by atoms with Crippen LogP contribution in [0, 0.1) is 12.3 Å². The summed E-state index contributed by atoms with van der Waals surface area (Å²) in [4.78, 5) is 8.29. The Morgan fingerprint density at radius 2 is 2.06 bits per heavy atom. The lowest BCUT2D eigenvalue weighted by Gasteiger charge is -2.32. The van der Waals surface area contributed by atoms with Gasteiger partial charge in [0.2, 0.25) is 5.88 Å². The average molecular weight is 253 g/mol. The van der Waals surface area contributed by atoms with Crippen molar-refractivity contribution in [1.82, 2.24) is 9.97 Å². The lowest BCUT2D eigenvalue weighted by atomic mass is 9.85. The molecule has 18 heavy (non-hydrogen) atoms. The summed E-state index contributed by atoms with van der Waals surface area (Å²) >= 11 is 0. The molecule has 0 aliphatic rings. The number of aliphatic hydroxyl groups excluding tert-OH is 1. The van der Waals surface area contributed by atoms with E-state index in [9.17, 15) is 0 Å². The summed E-state index contributed by atoms with van der Waals surface area (Å²) in [5.41, 5.74) is 0.917. The van der Waals surface area contributed by atoms with Gasteiger partial charge >= 0.3 is 0 Å². The summed E-state index contributed by atoms with van der Waals surface area (Å²) in [5, 5.41) is 12.5. The number of aliphatic hydroxyl groups is 1. The predicted octanol–water partition coefficient (Wildman–Crippen LogP) is 2.00. The number of nitrogens with one attached hydrogen (secondary N) is 1. The van der Waals surface area contributed by atoms with Gasteiger partial charge in [0.05, 0.1) is 12.7 Å². The Morgan fingerprint density at radius 3 is 2.56 bits per heavy atom. The first-order chi connectivity index (χ1) is 8.40. The fraction of sp³-hybridized carbons (Fsp3) is 0.692. The van der Waals surface area contributed by atoms with Gasteiger partial charge in [-0.1, -0.05) is 20.8 Å². The molecule has 0 aliphatic carbocycles. The van der Waals surface area contributed by atoms with Crippen LogP contribution in [-0.2, 0) is 0 Å². The molecule has 5 nitrogen and oxygen atoms in total. The van der Waals surface area contributed by atoms with Crippen LogP contribution in [0.15, 0.2) is 6.33 Å². The van der Waals surface area contributed by atoms with E-state index in [0.717, 1.165) is 11.4 Å². The highest BCUT2D eigenvalue weighted by Crippen LogP contribution is 2.27. The number of rotatable bonds is 5. The van der Waals surface area contributed by atoms with E-state index in [1.165, 1.54) is 6.33 Å². The second kappa shape index (κ2) is 6.00. The van der Waals surface area contributed by atoms with Crippen molar-refractivity contribution in [3.05, 3.63) is 11.9 Å². The predicted molar refractivity (Wildman–Crippen MR) is 71.9 cm³/mol. The molecule has 5 heteroatoms. The molecule has 1 aromatic heterocycles. The highest BCUT2D eigenvalue weighted by atomic mass is 16.5. The first-order valence-corrected chi connectivity index (χ1v) is 6.13. The Morgan fingerprint density at radius 1 is 1.39 bits per heavy atom. The van der Waals surface area contributed by atoms with Crippen molar-refractivity contribution in [3.63, 3.8) is 0 Å². The number of hydrogen-bond acceptors (Lipinski definition) is 5. The highest BCUT2D eigenvalue weighted by Gasteiger charge is 2.25. The summed E-state index contributed by atoms with van der Waals surface area (Å²) in [6.07, 6.45) is 2.15. The average Bonchev–Trinajstić information content (AvgIpc) is 2.29. The van der Waals surface area contributed by atoms with Crippen LogP contribution in [0.3, 0.4) is 0 Å². The minimum atomic E-state index is 0.0351. The zero-order valence-electron chi connectivity index (χ0n) is 11.8. The number of ether oxygens (including phenoxy) is 1. The van der Waals surface area contributed by atoms with Crippen LogP contribution in [-0.4, -0.2) is 34.8 Å². The first-order valence-electron chi connectivity index (χ1n) is 6.13. The quantitative estimate of drug-likeness (QED) is 0.840. The summed E-state index contributed by atoms with van der Waals surface area (Å²) in [7, 11) is 1.59. The Kier molecular flexibility index (Phi) is 4.90. The molecular formula is C13H23N3O2.